The van der Waals surface area contributed by atoms with Gasteiger partial charge in [-0.25, -0.2) is 4.79 Å². The Hall–Kier alpha value is -0.770. The first-order valence-corrected chi connectivity index (χ1v) is 6.14. The maximum absolute atomic E-state index is 12.1. The van der Waals surface area contributed by atoms with Crippen molar-refractivity contribution in [2.24, 2.45) is 0 Å². The highest BCUT2D eigenvalue weighted by molar-refractivity contribution is 5.77. The Morgan fingerprint density at radius 2 is 1.47 bits per heavy atom. The summed E-state index contributed by atoms with van der Waals surface area (Å²) in [5, 5.41) is 3.35. The minimum absolute atomic E-state index is 0.310. The lowest BCUT2D eigenvalue weighted by molar-refractivity contribution is 0.164. The second-order valence-corrected chi connectivity index (χ2v) is 4.88. The van der Waals surface area contributed by atoms with Crippen molar-refractivity contribution in [1.82, 2.24) is 15.1 Å². The second-order valence-electron chi connectivity index (χ2n) is 4.88. The molecule has 0 spiro atoms. The Labute approximate surface area is 90.6 Å². The lowest BCUT2D eigenvalue weighted by Gasteiger charge is -2.31. The van der Waals surface area contributed by atoms with Crippen LogP contribution in [0.4, 0.5) is 4.79 Å². The third-order valence-corrected chi connectivity index (χ3v) is 3.81. The van der Waals surface area contributed by atoms with Crippen LogP contribution < -0.4 is 5.32 Å². The normalized spacial score (nSPS) is 28.9. The zero-order valence-corrected chi connectivity index (χ0v) is 9.11. The summed E-state index contributed by atoms with van der Waals surface area (Å²) in [6.45, 7) is 4.06. The second kappa shape index (κ2) is 3.67. The van der Waals surface area contributed by atoms with Crippen molar-refractivity contribution in [2.75, 3.05) is 26.2 Å². The Bertz CT molecular complexity index is 259. The number of piperidine rings is 1. The van der Waals surface area contributed by atoms with Gasteiger partial charge in [-0.15, -0.1) is 0 Å². The van der Waals surface area contributed by atoms with E-state index in [0.29, 0.717) is 18.1 Å². The predicted octanol–water partition coefficient (Wildman–Crippen LogP) is 0.638. The third-order valence-electron chi connectivity index (χ3n) is 3.81. The molecule has 3 rings (SSSR count). The monoisotopic (exact) mass is 209 g/mol. The molecule has 1 aliphatic carbocycles. The molecule has 0 atom stereocenters. The maximum atomic E-state index is 12.1. The van der Waals surface area contributed by atoms with E-state index >= 15 is 0 Å². The molecule has 0 radical (unpaired) electrons. The maximum Gasteiger partial charge on any atom is 0.320 e. The van der Waals surface area contributed by atoms with E-state index < -0.39 is 0 Å². The summed E-state index contributed by atoms with van der Waals surface area (Å²) in [6, 6.07) is 1.40. The number of nitrogens with one attached hydrogen (secondary N) is 1. The number of rotatable bonds is 2. The summed E-state index contributed by atoms with van der Waals surface area (Å²) >= 11 is 0. The van der Waals surface area contributed by atoms with E-state index in [2.05, 4.69) is 15.1 Å². The smallest absolute Gasteiger partial charge is 0.320 e. The molecule has 2 saturated heterocycles. The van der Waals surface area contributed by atoms with Crippen molar-refractivity contribution in [2.45, 2.75) is 37.8 Å². The number of hydrogen-bond acceptors (Lipinski definition) is 2. The molecule has 2 aliphatic heterocycles. The fourth-order valence-corrected chi connectivity index (χ4v) is 2.75. The molecule has 1 N–H and O–H groups in total. The molecule has 0 unspecified atom stereocenters. The molecular formula is C11H19N3O. The quantitative estimate of drug-likeness (QED) is 0.724. The standard InChI is InChI=1S/C11H19N3O/c15-11-13(9-1-2-9)7-8-14(11)10-3-5-12-6-4-10/h9-10,12H,1-8H2. The molecule has 0 aromatic heterocycles. The van der Waals surface area contributed by atoms with E-state index in [0.717, 1.165) is 39.0 Å². The molecule has 4 heteroatoms. The Morgan fingerprint density at radius 3 is 2.00 bits per heavy atom. The van der Waals surface area contributed by atoms with Gasteiger partial charge in [-0.2, -0.15) is 0 Å². The van der Waals surface area contributed by atoms with Crippen LogP contribution in [0.15, 0.2) is 0 Å². The van der Waals surface area contributed by atoms with Gasteiger partial charge in [0.05, 0.1) is 0 Å². The van der Waals surface area contributed by atoms with E-state index in [1.54, 1.807) is 0 Å². The van der Waals surface area contributed by atoms with Crippen LogP contribution in [0.25, 0.3) is 0 Å². The van der Waals surface area contributed by atoms with Gasteiger partial charge in [-0.3, -0.25) is 0 Å². The lowest BCUT2D eigenvalue weighted by Crippen LogP contribution is -2.45. The van der Waals surface area contributed by atoms with E-state index in [-0.39, 0.29) is 0 Å². The fourth-order valence-electron chi connectivity index (χ4n) is 2.75. The number of nitrogens with zero attached hydrogens (tertiary/aromatic N) is 2. The Morgan fingerprint density at radius 1 is 0.933 bits per heavy atom. The third kappa shape index (κ3) is 1.71. The summed E-state index contributed by atoms with van der Waals surface area (Å²) in [5.74, 6) is 0. The first-order chi connectivity index (χ1) is 7.36. The minimum Gasteiger partial charge on any atom is -0.320 e. The van der Waals surface area contributed by atoms with Crippen molar-refractivity contribution in [3.8, 4) is 0 Å². The highest BCUT2D eigenvalue weighted by Gasteiger charge is 2.41. The van der Waals surface area contributed by atoms with Gasteiger partial charge < -0.3 is 15.1 Å². The summed E-state index contributed by atoms with van der Waals surface area (Å²) < 4.78 is 0. The molecule has 0 aromatic rings. The zero-order valence-electron chi connectivity index (χ0n) is 9.11. The minimum atomic E-state index is 0.310. The molecule has 2 heterocycles. The fraction of sp³-hybridized carbons (Fsp3) is 0.909. The van der Waals surface area contributed by atoms with Gasteiger partial charge >= 0.3 is 6.03 Å². The largest absolute Gasteiger partial charge is 0.320 e. The molecule has 4 nitrogen and oxygen atoms in total. The van der Waals surface area contributed by atoms with E-state index in [1.165, 1.54) is 12.8 Å². The van der Waals surface area contributed by atoms with Crippen molar-refractivity contribution >= 4 is 6.03 Å². The molecule has 1 saturated carbocycles. The number of hydrogen-bond donors (Lipinski definition) is 1. The molecule has 0 aromatic carbocycles. The molecule has 0 bridgehead atoms. The van der Waals surface area contributed by atoms with Gasteiger partial charge in [-0.1, -0.05) is 0 Å². The molecule has 3 fully saturated rings. The predicted molar refractivity (Wildman–Crippen MR) is 57.7 cm³/mol. The van der Waals surface area contributed by atoms with Crippen LogP contribution in [0.1, 0.15) is 25.7 Å². The highest BCUT2D eigenvalue weighted by atomic mass is 16.2. The molecule has 3 aliphatic rings. The highest BCUT2D eigenvalue weighted by Crippen LogP contribution is 2.31. The molecular weight excluding hydrogens is 190 g/mol. The summed E-state index contributed by atoms with van der Waals surface area (Å²) in [7, 11) is 0. The van der Waals surface area contributed by atoms with Crippen LogP contribution in [0.3, 0.4) is 0 Å². The summed E-state index contributed by atoms with van der Waals surface area (Å²) in [4.78, 5) is 16.3. The zero-order chi connectivity index (χ0) is 10.3. The summed E-state index contributed by atoms with van der Waals surface area (Å²) in [6.07, 6.45) is 4.71. The lowest BCUT2D eigenvalue weighted by atomic mass is 10.1. The van der Waals surface area contributed by atoms with Gasteiger partial charge in [0.2, 0.25) is 0 Å². The van der Waals surface area contributed by atoms with Crippen molar-refractivity contribution in [3.05, 3.63) is 0 Å². The first-order valence-electron chi connectivity index (χ1n) is 6.14. The van der Waals surface area contributed by atoms with Crippen LogP contribution in [0.2, 0.25) is 0 Å². The number of urea groups is 1. The van der Waals surface area contributed by atoms with Crippen LogP contribution in [0.5, 0.6) is 0 Å². The molecule has 15 heavy (non-hydrogen) atoms. The van der Waals surface area contributed by atoms with Crippen LogP contribution >= 0.6 is 0 Å². The SMILES string of the molecule is O=C1N(C2CCNCC2)CCN1C1CC1. The van der Waals surface area contributed by atoms with E-state index in [1.807, 2.05) is 0 Å². The van der Waals surface area contributed by atoms with Gasteiger partial charge in [-0.05, 0) is 38.8 Å². The first kappa shape index (κ1) is 9.46. The van der Waals surface area contributed by atoms with Crippen LogP contribution in [0, 0.1) is 0 Å². The van der Waals surface area contributed by atoms with Crippen LogP contribution in [-0.2, 0) is 0 Å². The average molecular weight is 209 g/mol. The molecule has 84 valence electrons. The van der Waals surface area contributed by atoms with Gasteiger partial charge in [0.25, 0.3) is 0 Å². The number of carbonyl (C=O) groups is 1. The number of carbonyl (C=O) groups excluding carboxylic acids is 1. The molecule has 2 amide bonds. The average Bonchev–Trinajstić information content (AvgIpc) is 3.04. The van der Waals surface area contributed by atoms with Gasteiger partial charge in [0, 0.05) is 25.2 Å². The van der Waals surface area contributed by atoms with E-state index in [9.17, 15) is 4.79 Å². The van der Waals surface area contributed by atoms with Crippen molar-refractivity contribution < 1.29 is 4.79 Å². The topological polar surface area (TPSA) is 35.6 Å². The Kier molecular flexibility index (Phi) is 2.31. The van der Waals surface area contributed by atoms with Crippen molar-refractivity contribution in [3.63, 3.8) is 0 Å². The van der Waals surface area contributed by atoms with E-state index in [4.69, 9.17) is 0 Å². The number of amides is 2. The van der Waals surface area contributed by atoms with Gasteiger partial charge in [0.1, 0.15) is 0 Å². The van der Waals surface area contributed by atoms with Crippen molar-refractivity contribution in [1.29, 1.82) is 0 Å². The Balaban J connectivity index is 1.64. The summed E-state index contributed by atoms with van der Waals surface area (Å²) in [5.41, 5.74) is 0. The van der Waals surface area contributed by atoms with Gasteiger partial charge in [0.15, 0.2) is 0 Å². The van der Waals surface area contributed by atoms with Crippen LogP contribution in [-0.4, -0.2) is 54.1 Å².